The van der Waals surface area contributed by atoms with Gasteiger partial charge in [-0.15, -0.1) is 0 Å². The summed E-state index contributed by atoms with van der Waals surface area (Å²) in [5.41, 5.74) is 6.25. The third-order valence-corrected chi connectivity index (χ3v) is 3.38. The Morgan fingerprint density at radius 3 is 2.45 bits per heavy atom. The van der Waals surface area contributed by atoms with E-state index < -0.39 is 17.5 Å². The van der Waals surface area contributed by atoms with Crippen molar-refractivity contribution in [3.63, 3.8) is 0 Å². The van der Waals surface area contributed by atoms with Crippen molar-refractivity contribution in [1.29, 1.82) is 0 Å². The van der Waals surface area contributed by atoms with Crippen LogP contribution in [0.25, 0.3) is 0 Å². The summed E-state index contributed by atoms with van der Waals surface area (Å²) >= 11 is 8.10. The van der Waals surface area contributed by atoms with Gasteiger partial charge in [0.15, 0.2) is 11.6 Å². The van der Waals surface area contributed by atoms with Crippen molar-refractivity contribution in [2.75, 3.05) is 5.32 Å². The minimum absolute atomic E-state index is 0.200. The molecule has 0 amide bonds. The van der Waals surface area contributed by atoms with Crippen LogP contribution in [-0.4, -0.2) is 4.99 Å². The van der Waals surface area contributed by atoms with Gasteiger partial charge in [-0.2, -0.15) is 0 Å². The molecule has 0 heterocycles. The standard InChI is InChI=1S/C13H8BrF3N2S/c14-9-5-7(1-2-8(9)13(18)20)19-11-4-6(15)3-10(16)12(11)17/h1-5,19H,(H2,18,20). The first-order valence-electron chi connectivity index (χ1n) is 5.39. The summed E-state index contributed by atoms with van der Waals surface area (Å²) in [4.78, 5) is 0.200. The van der Waals surface area contributed by atoms with Gasteiger partial charge in [0.25, 0.3) is 0 Å². The largest absolute Gasteiger partial charge is 0.389 e. The Hall–Kier alpha value is -1.60. The van der Waals surface area contributed by atoms with Crippen LogP contribution >= 0.6 is 28.1 Å². The van der Waals surface area contributed by atoms with Gasteiger partial charge in [-0.3, -0.25) is 0 Å². The number of rotatable bonds is 3. The van der Waals surface area contributed by atoms with E-state index in [1.165, 1.54) is 0 Å². The maximum absolute atomic E-state index is 13.5. The van der Waals surface area contributed by atoms with Crippen molar-refractivity contribution in [1.82, 2.24) is 0 Å². The fraction of sp³-hybridized carbons (Fsp3) is 0. The van der Waals surface area contributed by atoms with E-state index in [-0.39, 0.29) is 10.7 Å². The molecule has 3 N–H and O–H groups in total. The molecule has 0 fully saturated rings. The molecule has 2 nitrogen and oxygen atoms in total. The number of benzene rings is 2. The lowest BCUT2D eigenvalue weighted by molar-refractivity contribution is 0.498. The van der Waals surface area contributed by atoms with Crippen LogP contribution in [0, 0.1) is 17.5 Å². The highest BCUT2D eigenvalue weighted by molar-refractivity contribution is 9.10. The van der Waals surface area contributed by atoms with Gasteiger partial charge in [-0.1, -0.05) is 12.2 Å². The van der Waals surface area contributed by atoms with Gasteiger partial charge in [0.05, 0.1) is 5.69 Å². The average Bonchev–Trinajstić information content (AvgIpc) is 2.35. The zero-order valence-corrected chi connectivity index (χ0v) is 12.3. The first-order chi connectivity index (χ1) is 9.38. The second-order valence-electron chi connectivity index (χ2n) is 3.93. The minimum atomic E-state index is -1.26. The zero-order valence-electron chi connectivity index (χ0n) is 9.88. The van der Waals surface area contributed by atoms with Crippen LogP contribution in [0.4, 0.5) is 24.5 Å². The Morgan fingerprint density at radius 1 is 1.15 bits per heavy atom. The summed E-state index contributed by atoms with van der Waals surface area (Å²) in [6, 6.07) is 6.11. The molecule has 0 aromatic heterocycles. The van der Waals surface area contributed by atoms with Gasteiger partial charge in [-0.05, 0) is 34.1 Å². The molecular formula is C13H8BrF3N2S. The highest BCUT2D eigenvalue weighted by Crippen LogP contribution is 2.27. The van der Waals surface area contributed by atoms with E-state index in [1.54, 1.807) is 18.2 Å². The lowest BCUT2D eigenvalue weighted by atomic mass is 10.2. The highest BCUT2D eigenvalue weighted by Gasteiger charge is 2.12. The van der Waals surface area contributed by atoms with Crippen molar-refractivity contribution >= 4 is 44.5 Å². The summed E-state index contributed by atoms with van der Waals surface area (Å²) in [6.45, 7) is 0. The molecule has 20 heavy (non-hydrogen) atoms. The highest BCUT2D eigenvalue weighted by atomic mass is 79.9. The van der Waals surface area contributed by atoms with E-state index in [2.05, 4.69) is 21.2 Å². The fourth-order valence-corrected chi connectivity index (χ4v) is 2.50. The van der Waals surface area contributed by atoms with Crippen molar-refractivity contribution in [2.45, 2.75) is 0 Å². The average molecular weight is 361 g/mol. The molecule has 0 saturated carbocycles. The molecule has 0 bridgehead atoms. The van der Waals surface area contributed by atoms with Crippen LogP contribution in [0.5, 0.6) is 0 Å². The Kier molecular flexibility index (Phi) is 4.29. The molecule has 0 atom stereocenters. The third-order valence-electron chi connectivity index (χ3n) is 2.51. The molecule has 0 spiro atoms. The lowest BCUT2D eigenvalue weighted by Crippen LogP contribution is -2.10. The Bertz CT molecular complexity index is 692. The van der Waals surface area contributed by atoms with E-state index in [1.807, 2.05) is 0 Å². The van der Waals surface area contributed by atoms with Crippen molar-refractivity contribution < 1.29 is 13.2 Å². The molecule has 0 aliphatic carbocycles. The molecular weight excluding hydrogens is 353 g/mol. The first-order valence-corrected chi connectivity index (χ1v) is 6.59. The molecule has 0 unspecified atom stereocenters. The number of hydrogen-bond donors (Lipinski definition) is 2. The number of hydrogen-bond acceptors (Lipinski definition) is 2. The maximum Gasteiger partial charge on any atom is 0.182 e. The second kappa shape index (κ2) is 5.80. The number of thiocarbonyl (C=S) groups is 1. The quantitative estimate of drug-likeness (QED) is 0.634. The summed E-state index contributed by atoms with van der Waals surface area (Å²) in [5, 5.41) is 2.59. The molecule has 2 rings (SSSR count). The molecule has 7 heteroatoms. The normalized spacial score (nSPS) is 10.4. The number of anilines is 2. The van der Waals surface area contributed by atoms with Gasteiger partial charge in [0.1, 0.15) is 10.8 Å². The maximum atomic E-state index is 13.5. The van der Waals surface area contributed by atoms with Crippen LogP contribution in [0.3, 0.4) is 0 Å². The van der Waals surface area contributed by atoms with Crippen molar-refractivity contribution in [3.05, 3.63) is 57.8 Å². The topological polar surface area (TPSA) is 38.0 Å². The van der Waals surface area contributed by atoms with Crippen molar-refractivity contribution in [2.24, 2.45) is 5.73 Å². The summed E-state index contributed by atoms with van der Waals surface area (Å²) in [7, 11) is 0. The van der Waals surface area contributed by atoms with Crippen LogP contribution in [0.1, 0.15) is 5.56 Å². The molecule has 0 aliphatic rings. The first kappa shape index (κ1) is 14.8. The smallest absolute Gasteiger partial charge is 0.182 e. The summed E-state index contributed by atoms with van der Waals surface area (Å²) < 4.78 is 40.3. The lowest BCUT2D eigenvalue weighted by Gasteiger charge is -2.10. The molecule has 0 radical (unpaired) electrons. The molecule has 0 aliphatic heterocycles. The van der Waals surface area contributed by atoms with Gasteiger partial charge < -0.3 is 11.1 Å². The predicted molar refractivity (Wildman–Crippen MR) is 79.6 cm³/mol. The van der Waals surface area contributed by atoms with Crippen molar-refractivity contribution in [3.8, 4) is 0 Å². The van der Waals surface area contributed by atoms with E-state index >= 15 is 0 Å². The predicted octanol–water partition coefficient (Wildman–Crippen LogP) is 4.24. The Balaban J connectivity index is 2.36. The van der Waals surface area contributed by atoms with E-state index in [0.717, 1.165) is 6.07 Å². The number of nitrogens with one attached hydrogen (secondary N) is 1. The Morgan fingerprint density at radius 2 is 1.85 bits per heavy atom. The number of halogens is 4. The molecule has 2 aromatic rings. The van der Waals surface area contributed by atoms with Gasteiger partial charge in [0, 0.05) is 27.9 Å². The monoisotopic (exact) mass is 360 g/mol. The second-order valence-corrected chi connectivity index (χ2v) is 5.23. The third kappa shape index (κ3) is 3.10. The van der Waals surface area contributed by atoms with Crippen LogP contribution in [-0.2, 0) is 0 Å². The zero-order chi connectivity index (χ0) is 14.9. The van der Waals surface area contributed by atoms with Gasteiger partial charge in [-0.25, -0.2) is 13.2 Å². The van der Waals surface area contributed by atoms with E-state index in [0.29, 0.717) is 21.8 Å². The SMILES string of the molecule is NC(=S)c1ccc(Nc2cc(F)cc(F)c2F)cc1Br. The van der Waals surface area contributed by atoms with Crippen LogP contribution < -0.4 is 11.1 Å². The van der Waals surface area contributed by atoms with Crippen LogP contribution in [0.15, 0.2) is 34.8 Å². The summed E-state index contributed by atoms with van der Waals surface area (Å²) in [5.74, 6) is -3.28. The number of nitrogens with two attached hydrogens (primary N) is 1. The van der Waals surface area contributed by atoms with Gasteiger partial charge in [0.2, 0.25) is 0 Å². The molecule has 2 aromatic carbocycles. The fourth-order valence-electron chi connectivity index (χ4n) is 1.60. The molecule has 104 valence electrons. The summed E-state index contributed by atoms with van der Waals surface area (Å²) in [6.07, 6.45) is 0. The van der Waals surface area contributed by atoms with E-state index in [4.69, 9.17) is 18.0 Å². The Labute approximate surface area is 126 Å². The van der Waals surface area contributed by atoms with Gasteiger partial charge >= 0.3 is 0 Å². The van der Waals surface area contributed by atoms with Crippen LogP contribution in [0.2, 0.25) is 0 Å². The van der Waals surface area contributed by atoms with E-state index in [9.17, 15) is 13.2 Å². The minimum Gasteiger partial charge on any atom is -0.389 e. The molecule has 0 saturated heterocycles.